The Bertz CT molecular complexity index is 2260. The summed E-state index contributed by atoms with van der Waals surface area (Å²) in [7, 11) is 0.530. The summed E-state index contributed by atoms with van der Waals surface area (Å²) in [6.07, 6.45) is 1.16. The lowest BCUT2D eigenvalue weighted by Crippen LogP contribution is -2.65. The van der Waals surface area contributed by atoms with Crippen molar-refractivity contribution in [2.45, 2.75) is 156 Å². The summed E-state index contributed by atoms with van der Waals surface area (Å²) in [5.41, 5.74) is -0.812. The number of carbonyl (C=O) groups excluding carboxylic acids is 4. The maximum absolute atomic E-state index is 14.8. The molecular weight excluding hydrogens is 851 g/mol. The summed E-state index contributed by atoms with van der Waals surface area (Å²) in [6, 6.07) is 13.0. The van der Waals surface area contributed by atoms with Crippen LogP contribution in [0.1, 0.15) is 135 Å². The molecule has 4 aliphatic rings. The van der Waals surface area contributed by atoms with Crippen molar-refractivity contribution >= 4 is 53.2 Å². The number of methoxy groups -OCH3 is 1. The molecule has 65 heavy (non-hydrogen) atoms. The molecule has 3 aliphatic carbocycles. The van der Waals surface area contributed by atoms with Crippen molar-refractivity contribution in [3.8, 4) is 5.75 Å². The number of amides is 2. The summed E-state index contributed by atoms with van der Waals surface area (Å²) in [6.45, 7) is 22.7. The Morgan fingerprint density at radius 2 is 1.57 bits per heavy atom. The van der Waals surface area contributed by atoms with E-state index in [1.54, 1.807) is 73.8 Å². The van der Waals surface area contributed by atoms with Gasteiger partial charge >= 0.3 is 25.2 Å². The van der Waals surface area contributed by atoms with Crippen LogP contribution in [0.3, 0.4) is 0 Å². The first kappa shape index (κ1) is 49.4. The van der Waals surface area contributed by atoms with Crippen LogP contribution in [0, 0.1) is 17.3 Å². The van der Waals surface area contributed by atoms with Gasteiger partial charge in [-0.15, -0.1) is 11.3 Å². The van der Waals surface area contributed by atoms with Gasteiger partial charge in [-0.05, 0) is 129 Å². The average molecular weight is 917 g/mol. The van der Waals surface area contributed by atoms with E-state index in [1.807, 2.05) is 36.4 Å². The molecule has 2 bridgehead atoms. The van der Waals surface area contributed by atoms with Gasteiger partial charge in [0.05, 0.1) is 24.8 Å². The smallest absolute Gasteiger partial charge is 0.482 e. The Morgan fingerprint density at radius 3 is 2.20 bits per heavy atom. The predicted octanol–water partition coefficient (Wildman–Crippen LogP) is 8.64. The zero-order chi connectivity index (χ0) is 47.7. The van der Waals surface area contributed by atoms with Gasteiger partial charge in [-0.3, -0.25) is 14.9 Å². The number of thiazole rings is 1. The second-order valence-corrected chi connectivity index (χ2v) is 21.7. The van der Waals surface area contributed by atoms with Gasteiger partial charge in [0.1, 0.15) is 40.4 Å². The van der Waals surface area contributed by atoms with Gasteiger partial charge in [0.2, 0.25) is 0 Å². The highest BCUT2D eigenvalue weighted by Gasteiger charge is 2.68. The Balaban J connectivity index is 1.37. The predicted molar refractivity (Wildman–Crippen MR) is 248 cm³/mol. The molecule has 17 heteroatoms. The van der Waals surface area contributed by atoms with Crippen molar-refractivity contribution in [3.63, 3.8) is 0 Å². The van der Waals surface area contributed by atoms with Crippen LogP contribution >= 0.6 is 11.3 Å². The van der Waals surface area contributed by atoms with Crippen LogP contribution in [0.15, 0.2) is 53.0 Å². The number of oxime groups is 1. The lowest BCUT2D eigenvalue weighted by atomic mass is 9.43. The van der Waals surface area contributed by atoms with Crippen molar-refractivity contribution in [3.05, 3.63) is 75.8 Å². The van der Waals surface area contributed by atoms with E-state index >= 15 is 0 Å². The number of aryl methyl sites for hydroxylation is 1. The van der Waals surface area contributed by atoms with Crippen LogP contribution in [0.2, 0.25) is 0 Å². The molecule has 1 aromatic heterocycles. The molecule has 1 saturated heterocycles. The number of hydrogen-bond donors (Lipinski definition) is 2. The van der Waals surface area contributed by atoms with E-state index in [2.05, 4.69) is 41.5 Å². The largest absolute Gasteiger partial charge is 0.496 e. The van der Waals surface area contributed by atoms with E-state index in [-0.39, 0.29) is 71.2 Å². The molecule has 7 rings (SSSR count). The number of ether oxygens (including phenoxy) is 4. The fraction of sp³-hybridized carbons (Fsp3) is 0.583. The highest BCUT2D eigenvalue weighted by atomic mass is 32.1. The van der Waals surface area contributed by atoms with E-state index < -0.39 is 59.4 Å². The highest BCUT2D eigenvalue weighted by Crippen LogP contribution is 2.65. The monoisotopic (exact) mass is 916 g/mol. The van der Waals surface area contributed by atoms with Crippen molar-refractivity contribution in [2.75, 3.05) is 12.4 Å². The van der Waals surface area contributed by atoms with Crippen LogP contribution in [-0.4, -0.2) is 83.3 Å². The first-order valence-corrected chi connectivity index (χ1v) is 23.1. The SMILES string of the molecule is COc1c(C[C@H](NC(=O)/C(=N\OCc2ccccc2)c2csc(NC(=O)OC(C)(C)C)n2)B2OC3C[C@H]4C[C@@H](C4(C)C)[C@]3(C)O2)ccc(CCC(=O)OC(C)(C)C)c1C(=O)OC(C)(C)C. The molecule has 0 radical (unpaired) electrons. The summed E-state index contributed by atoms with van der Waals surface area (Å²) >= 11 is 1.09. The molecule has 3 aromatic rings. The number of nitrogens with one attached hydrogen (secondary N) is 2. The van der Waals surface area contributed by atoms with E-state index in [0.717, 1.165) is 29.7 Å². The number of carbonyl (C=O) groups is 4. The van der Waals surface area contributed by atoms with Crippen LogP contribution in [0.5, 0.6) is 5.75 Å². The van der Waals surface area contributed by atoms with Crippen LogP contribution < -0.4 is 15.4 Å². The van der Waals surface area contributed by atoms with Gasteiger partial charge in [0.15, 0.2) is 10.8 Å². The lowest BCUT2D eigenvalue weighted by Gasteiger charge is -2.64. The summed E-state index contributed by atoms with van der Waals surface area (Å²) in [5.74, 6) is -1.66. The van der Waals surface area contributed by atoms with Crippen molar-refractivity contribution < 1.29 is 52.3 Å². The molecule has 2 amide bonds. The van der Waals surface area contributed by atoms with E-state index in [0.29, 0.717) is 17.0 Å². The molecule has 1 unspecified atom stereocenters. The topological polar surface area (TPSA) is 182 Å². The molecule has 3 saturated carbocycles. The van der Waals surface area contributed by atoms with Crippen LogP contribution in [-0.2, 0) is 57.4 Å². The van der Waals surface area contributed by atoms with Gasteiger partial charge in [-0.2, -0.15) is 0 Å². The molecule has 4 fully saturated rings. The second kappa shape index (κ2) is 19.1. The molecule has 2 aromatic carbocycles. The summed E-state index contributed by atoms with van der Waals surface area (Å²) in [4.78, 5) is 64.7. The van der Waals surface area contributed by atoms with Crippen LogP contribution in [0.25, 0.3) is 0 Å². The number of benzene rings is 2. The van der Waals surface area contributed by atoms with Crippen molar-refractivity contribution in [1.82, 2.24) is 10.3 Å². The molecule has 1 aliphatic heterocycles. The lowest BCUT2D eigenvalue weighted by molar-refractivity contribution is -0.199. The summed E-state index contributed by atoms with van der Waals surface area (Å²) in [5, 5.41) is 11.9. The van der Waals surface area contributed by atoms with E-state index in [4.69, 9.17) is 33.1 Å². The van der Waals surface area contributed by atoms with E-state index in [9.17, 15) is 19.2 Å². The fourth-order valence-electron chi connectivity index (χ4n) is 8.99. The third-order valence-corrected chi connectivity index (χ3v) is 12.8. The number of rotatable bonds is 15. The van der Waals surface area contributed by atoms with E-state index in [1.165, 1.54) is 7.11 Å². The van der Waals surface area contributed by atoms with Crippen molar-refractivity contribution in [1.29, 1.82) is 0 Å². The molecule has 2 heterocycles. The third-order valence-electron chi connectivity index (χ3n) is 12.0. The Hall–Kier alpha value is -5.00. The molecule has 0 spiro atoms. The molecule has 15 nitrogen and oxygen atoms in total. The van der Waals surface area contributed by atoms with Gasteiger partial charge in [0.25, 0.3) is 5.91 Å². The van der Waals surface area contributed by atoms with Gasteiger partial charge in [-0.25, -0.2) is 14.6 Å². The number of esters is 2. The Labute approximate surface area is 387 Å². The normalized spacial score (nSPS) is 21.9. The van der Waals surface area contributed by atoms with Crippen molar-refractivity contribution in [2.24, 2.45) is 22.4 Å². The van der Waals surface area contributed by atoms with Gasteiger partial charge < -0.3 is 38.4 Å². The minimum Gasteiger partial charge on any atom is -0.496 e. The molecule has 2 N–H and O–H groups in total. The van der Waals surface area contributed by atoms with Crippen LogP contribution in [0.4, 0.5) is 9.93 Å². The first-order chi connectivity index (χ1) is 30.3. The number of hydrogen-bond acceptors (Lipinski definition) is 14. The zero-order valence-electron chi connectivity index (χ0n) is 40.0. The number of nitrogens with zero attached hydrogens (tertiary/aromatic N) is 2. The quantitative estimate of drug-likeness (QED) is 0.0488. The standard InChI is InChI=1S/C48H65BN4O11S/c1-44(2,3)60-36(54)22-21-29-19-20-30(39(58-13)37(29)41(56)61-45(4,5)6)23-35(49-63-34-25-31-24-33(47(31,10)11)48(34,12)64-49)51-40(55)38(53-59-26-28-17-15-14-16-18-28)32-27-65-42(50-32)52-43(57)62-46(7,8)9/h14-20,27,31,33-35H,21-26H2,1-13H3,(H,51,55)(H,50,52,57)/b53-38-/t31-,33+,34?,35+,48+/m1/s1. The Morgan fingerprint density at radius 1 is 0.908 bits per heavy atom. The second-order valence-electron chi connectivity index (χ2n) is 20.9. The first-order valence-electron chi connectivity index (χ1n) is 22.2. The minimum absolute atomic E-state index is 0.0105. The highest BCUT2D eigenvalue weighted by molar-refractivity contribution is 7.14. The average Bonchev–Trinajstić information content (AvgIpc) is 3.80. The third kappa shape index (κ3) is 12.1. The van der Waals surface area contributed by atoms with Gasteiger partial charge in [-0.1, -0.05) is 61.5 Å². The maximum atomic E-state index is 14.8. The number of anilines is 1. The van der Waals surface area contributed by atoms with Gasteiger partial charge in [0, 0.05) is 11.8 Å². The molecular formula is C48H65BN4O11S. The number of aromatic nitrogens is 1. The Kier molecular flexibility index (Phi) is 14.5. The summed E-state index contributed by atoms with van der Waals surface area (Å²) < 4.78 is 36.7. The molecule has 5 atom stereocenters. The maximum Gasteiger partial charge on any atom is 0.482 e. The molecule has 352 valence electrons. The fourth-order valence-corrected chi connectivity index (χ4v) is 9.67. The zero-order valence-corrected chi connectivity index (χ0v) is 40.9. The minimum atomic E-state index is -0.933.